The molecule has 0 fully saturated rings. The maximum atomic E-state index is 12.6. The van der Waals surface area contributed by atoms with Crippen LogP contribution >= 0.6 is 7.60 Å². The first-order valence-electron chi connectivity index (χ1n) is 12.3. The average molecular weight is 534 g/mol. The van der Waals surface area contributed by atoms with Crippen LogP contribution in [0.2, 0.25) is 0 Å². The molecule has 0 saturated heterocycles. The fourth-order valence-electron chi connectivity index (χ4n) is 3.69. The molecule has 0 heterocycles. The Balaban J connectivity index is 2.02. The van der Waals surface area contributed by atoms with Crippen molar-refractivity contribution in [1.82, 2.24) is 5.32 Å². The number of phenolic OH excluding ortho intramolecular Hbond substituents is 1. The second-order valence-corrected chi connectivity index (χ2v) is 13.4. The topological polar surface area (TPSA) is 122 Å². The molecule has 2 aromatic carbocycles. The molecule has 9 heteroatoms. The summed E-state index contributed by atoms with van der Waals surface area (Å²) in [6.45, 7) is 12.9. The van der Waals surface area contributed by atoms with Crippen molar-refractivity contribution in [2.75, 3.05) is 13.3 Å². The van der Waals surface area contributed by atoms with Crippen LogP contribution in [-0.2, 0) is 47.1 Å². The van der Waals surface area contributed by atoms with Crippen LogP contribution < -0.4 is 5.32 Å². The van der Waals surface area contributed by atoms with Crippen molar-refractivity contribution in [2.24, 2.45) is 0 Å². The highest BCUT2D eigenvalue weighted by atomic mass is 31.2. The van der Waals surface area contributed by atoms with Crippen LogP contribution in [0.15, 0.2) is 42.5 Å². The number of carboxylic acid groups (broad SMARTS) is 1. The highest BCUT2D eigenvalue weighted by Crippen LogP contribution is 2.44. The molecule has 8 nitrogen and oxygen atoms in total. The van der Waals surface area contributed by atoms with E-state index in [9.17, 15) is 24.4 Å². The third-order valence-electron chi connectivity index (χ3n) is 5.84. The van der Waals surface area contributed by atoms with Gasteiger partial charge in [0.1, 0.15) is 5.75 Å². The maximum absolute atomic E-state index is 12.6. The Hall–Kier alpha value is -2.67. The third kappa shape index (κ3) is 9.62. The van der Waals surface area contributed by atoms with Gasteiger partial charge in [-0.25, -0.2) is 4.79 Å². The molecule has 37 heavy (non-hydrogen) atoms. The van der Waals surface area contributed by atoms with Crippen molar-refractivity contribution in [3.8, 4) is 5.75 Å². The summed E-state index contributed by atoms with van der Waals surface area (Å²) in [7, 11) is -3.54. The minimum atomic E-state index is -3.54. The van der Waals surface area contributed by atoms with E-state index >= 15 is 0 Å². The van der Waals surface area contributed by atoms with Gasteiger partial charge >= 0.3 is 13.6 Å². The summed E-state index contributed by atoms with van der Waals surface area (Å²) in [4.78, 5) is 24.3. The normalized spacial score (nSPS) is 14.6. The summed E-state index contributed by atoms with van der Waals surface area (Å²) in [5.74, 6) is -1.52. The number of carbonyl (C=O) groups is 2. The predicted molar refractivity (Wildman–Crippen MR) is 144 cm³/mol. The van der Waals surface area contributed by atoms with Crippen molar-refractivity contribution in [2.45, 2.75) is 77.9 Å². The quantitative estimate of drug-likeness (QED) is 0.324. The fraction of sp³-hybridized carbons (Fsp3) is 0.500. The van der Waals surface area contributed by atoms with Crippen LogP contribution in [-0.4, -0.2) is 41.4 Å². The van der Waals surface area contributed by atoms with Gasteiger partial charge in [0.2, 0.25) is 5.91 Å². The number of carbonyl (C=O) groups excluding carboxylic acids is 1. The number of benzene rings is 2. The third-order valence-corrected chi connectivity index (χ3v) is 7.06. The lowest BCUT2D eigenvalue weighted by molar-refractivity contribution is -0.142. The molecule has 0 saturated carbocycles. The van der Waals surface area contributed by atoms with Crippen molar-refractivity contribution in [3.05, 3.63) is 64.7 Å². The Kier molecular flexibility index (Phi) is 10.1. The second kappa shape index (κ2) is 12.2. The zero-order chi connectivity index (χ0) is 28.0. The molecule has 0 aliphatic rings. The molecule has 0 aliphatic heterocycles. The molecule has 1 amide bonds. The van der Waals surface area contributed by atoms with E-state index in [1.165, 1.54) is 6.66 Å². The van der Waals surface area contributed by atoms with Crippen molar-refractivity contribution in [1.29, 1.82) is 0 Å². The molecule has 0 radical (unpaired) electrons. The summed E-state index contributed by atoms with van der Waals surface area (Å²) in [6, 6.07) is 11.5. The van der Waals surface area contributed by atoms with Crippen LogP contribution in [0.25, 0.3) is 0 Å². The zero-order valence-corrected chi connectivity index (χ0v) is 23.7. The van der Waals surface area contributed by atoms with Crippen LogP contribution in [0.5, 0.6) is 5.75 Å². The molecule has 0 spiro atoms. The first kappa shape index (κ1) is 30.6. The molecule has 2 rings (SSSR count). The van der Waals surface area contributed by atoms with Crippen molar-refractivity contribution >= 4 is 19.5 Å². The molecule has 3 N–H and O–H groups in total. The zero-order valence-electron chi connectivity index (χ0n) is 22.8. The Morgan fingerprint density at radius 2 is 1.49 bits per heavy atom. The van der Waals surface area contributed by atoms with Gasteiger partial charge in [0.05, 0.1) is 13.2 Å². The highest BCUT2D eigenvalue weighted by molar-refractivity contribution is 7.52. The molecular weight excluding hydrogens is 493 g/mol. The summed E-state index contributed by atoms with van der Waals surface area (Å²) in [5, 5.41) is 22.9. The summed E-state index contributed by atoms with van der Waals surface area (Å²) in [6.07, 6.45) is 0.397. The van der Waals surface area contributed by atoms with E-state index < -0.39 is 32.1 Å². The number of amides is 1. The Morgan fingerprint density at radius 1 is 0.946 bits per heavy atom. The summed E-state index contributed by atoms with van der Waals surface area (Å²) in [5.41, 5.74) is 2.66. The average Bonchev–Trinajstić information content (AvgIpc) is 2.78. The van der Waals surface area contributed by atoms with E-state index in [4.69, 9.17) is 9.05 Å². The number of nitrogens with one attached hydrogen (secondary N) is 1. The van der Waals surface area contributed by atoms with E-state index in [0.29, 0.717) is 6.42 Å². The second-order valence-electron chi connectivity index (χ2n) is 11.3. The Morgan fingerprint density at radius 3 is 1.97 bits per heavy atom. The molecule has 2 aromatic rings. The molecular formula is C28H40NO7P. The first-order chi connectivity index (χ1) is 17.0. The Bertz CT molecular complexity index is 1100. The molecule has 0 bridgehead atoms. The maximum Gasteiger partial charge on any atom is 0.328 e. The van der Waals surface area contributed by atoms with Crippen LogP contribution in [0.1, 0.15) is 70.2 Å². The molecule has 0 aromatic heterocycles. The van der Waals surface area contributed by atoms with Gasteiger partial charge in [-0.3, -0.25) is 9.36 Å². The molecule has 2 atom stereocenters. The SMILES string of the molecule is CC(C)(C)c1cc(CCC(=O)NC(COP(C)(=O)OCc2ccccc2)C(=O)O)cc(C(C)(C)C)c1O. The number of rotatable bonds is 11. The molecule has 0 aliphatic carbocycles. The minimum absolute atomic E-state index is 0.0377. The van der Waals surface area contributed by atoms with E-state index in [-0.39, 0.29) is 29.6 Å². The van der Waals surface area contributed by atoms with Crippen molar-refractivity contribution < 1.29 is 33.4 Å². The minimum Gasteiger partial charge on any atom is -0.507 e. The number of aromatic hydroxyl groups is 1. The predicted octanol–water partition coefficient (Wildman–Crippen LogP) is 5.55. The summed E-state index contributed by atoms with van der Waals surface area (Å²) < 4.78 is 23.2. The molecule has 204 valence electrons. The van der Waals surface area contributed by atoms with Gasteiger partial charge in [0.25, 0.3) is 0 Å². The lowest BCUT2D eigenvalue weighted by Gasteiger charge is -2.28. The van der Waals surface area contributed by atoms with E-state index in [1.807, 2.05) is 84.0 Å². The largest absolute Gasteiger partial charge is 0.507 e. The lowest BCUT2D eigenvalue weighted by atomic mass is 9.78. The summed E-state index contributed by atoms with van der Waals surface area (Å²) >= 11 is 0. The van der Waals surface area contributed by atoms with E-state index in [0.717, 1.165) is 22.3 Å². The number of hydrogen-bond donors (Lipinski definition) is 3. The van der Waals surface area contributed by atoms with Crippen LogP contribution in [0.4, 0.5) is 0 Å². The lowest BCUT2D eigenvalue weighted by Crippen LogP contribution is -2.43. The van der Waals surface area contributed by atoms with Gasteiger partial charge in [0.15, 0.2) is 6.04 Å². The number of aryl methyl sites for hydroxylation is 1. The van der Waals surface area contributed by atoms with Gasteiger partial charge in [-0.1, -0.05) is 84.0 Å². The Labute approximate surface area is 219 Å². The van der Waals surface area contributed by atoms with E-state index in [2.05, 4.69) is 5.32 Å². The van der Waals surface area contributed by atoms with Gasteiger partial charge in [-0.2, -0.15) is 0 Å². The van der Waals surface area contributed by atoms with Crippen LogP contribution in [0.3, 0.4) is 0 Å². The number of aliphatic carboxylic acids is 1. The standard InChI is InChI=1S/C28H40NO7P/c1-27(2,3)21-15-20(16-22(25(21)31)28(4,5)6)13-14-24(30)29-23(26(32)33)18-36-37(7,34)35-17-19-11-9-8-10-12-19/h8-12,15-16,23,31H,13-14,17-18H2,1-7H3,(H,29,30)(H,32,33). The van der Waals surface area contributed by atoms with E-state index in [1.54, 1.807) is 0 Å². The van der Waals surface area contributed by atoms with Gasteiger partial charge in [-0.05, 0) is 39.5 Å². The van der Waals surface area contributed by atoms with Crippen molar-refractivity contribution in [3.63, 3.8) is 0 Å². The smallest absolute Gasteiger partial charge is 0.328 e. The van der Waals surface area contributed by atoms with Gasteiger partial charge < -0.3 is 24.6 Å². The van der Waals surface area contributed by atoms with Crippen LogP contribution in [0, 0.1) is 0 Å². The van der Waals surface area contributed by atoms with Gasteiger partial charge in [0, 0.05) is 13.1 Å². The molecule has 2 unspecified atom stereocenters. The number of hydrogen-bond acceptors (Lipinski definition) is 6. The highest BCUT2D eigenvalue weighted by Gasteiger charge is 2.28. The number of carboxylic acids is 1. The number of phenols is 1. The fourth-order valence-corrected chi connectivity index (χ4v) is 4.57. The first-order valence-corrected chi connectivity index (χ1v) is 14.3. The monoisotopic (exact) mass is 533 g/mol. The van der Waals surface area contributed by atoms with Gasteiger partial charge in [-0.15, -0.1) is 0 Å².